The monoisotopic (exact) mass is 245 g/mol. The van der Waals surface area contributed by atoms with Crippen LogP contribution in [0.15, 0.2) is 16.6 Å². The van der Waals surface area contributed by atoms with Gasteiger partial charge in [-0.25, -0.2) is 0 Å². The van der Waals surface area contributed by atoms with Crippen molar-refractivity contribution >= 4 is 33.3 Å². The zero-order valence-electron chi connectivity index (χ0n) is 7.01. The second-order valence-electron chi connectivity index (χ2n) is 2.53. The summed E-state index contributed by atoms with van der Waals surface area (Å²) in [6.45, 7) is 2.83. The Bertz CT molecular complexity index is 259. The van der Waals surface area contributed by atoms with E-state index < -0.39 is 0 Å². The van der Waals surface area contributed by atoms with E-state index in [0.29, 0.717) is 0 Å². The lowest BCUT2D eigenvalue weighted by Gasteiger charge is -1.83. The van der Waals surface area contributed by atoms with Gasteiger partial charge in [0.05, 0.1) is 0 Å². The first-order chi connectivity index (χ1) is 5.74. The van der Waals surface area contributed by atoms with Crippen LogP contribution in [0.2, 0.25) is 0 Å². The van der Waals surface area contributed by atoms with Crippen molar-refractivity contribution in [3.8, 4) is 0 Å². The molecule has 0 aliphatic rings. The molecule has 0 saturated heterocycles. The van der Waals surface area contributed by atoms with Crippen LogP contribution in [0.1, 0.15) is 16.2 Å². The average Bonchev–Trinajstić information content (AvgIpc) is 2.32. The summed E-state index contributed by atoms with van der Waals surface area (Å²) >= 11 is 5.27. The summed E-state index contributed by atoms with van der Waals surface area (Å²) in [7, 11) is 0. The molecule has 1 heterocycles. The van der Waals surface area contributed by atoms with Gasteiger partial charge in [0.2, 0.25) is 0 Å². The van der Waals surface area contributed by atoms with E-state index in [1.165, 1.54) is 14.2 Å². The molecule has 66 valence electrons. The topological polar surface area (TPSA) is 26.0 Å². The van der Waals surface area contributed by atoms with Crippen LogP contribution in [0.25, 0.3) is 6.08 Å². The zero-order valence-corrected chi connectivity index (χ0v) is 9.41. The van der Waals surface area contributed by atoms with Crippen molar-refractivity contribution in [1.29, 1.82) is 0 Å². The molecule has 0 unspecified atom stereocenters. The second-order valence-corrected chi connectivity index (χ2v) is 4.67. The SMILES string of the molecule is Cc1sc(/C=C/CCN)cc1Br. The lowest BCUT2D eigenvalue weighted by Crippen LogP contribution is -1.94. The van der Waals surface area contributed by atoms with Crippen molar-refractivity contribution in [3.05, 3.63) is 26.4 Å². The first kappa shape index (κ1) is 9.96. The molecular formula is C9H12BrNS. The largest absolute Gasteiger partial charge is 0.330 e. The van der Waals surface area contributed by atoms with Gasteiger partial charge in [-0.3, -0.25) is 0 Å². The first-order valence-corrected chi connectivity index (χ1v) is 5.47. The summed E-state index contributed by atoms with van der Waals surface area (Å²) in [5, 5.41) is 0. The molecule has 0 atom stereocenters. The molecule has 2 N–H and O–H groups in total. The fourth-order valence-electron chi connectivity index (χ4n) is 0.859. The standard InChI is InChI=1S/C9H12BrNS/c1-7-9(10)6-8(12-7)4-2-3-5-11/h2,4,6H,3,5,11H2,1H3/b4-2+. The molecule has 1 aromatic heterocycles. The highest BCUT2D eigenvalue weighted by atomic mass is 79.9. The highest BCUT2D eigenvalue weighted by molar-refractivity contribution is 9.10. The molecule has 12 heavy (non-hydrogen) atoms. The van der Waals surface area contributed by atoms with Gasteiger partial charge in [-0.15, -0.1) is 11.3 Å². The highest BCUT2D eigenvalue weighted by Gasteiger charge is 1.98. The van der Waals surface area contributed by atoms with Gasteiger partial charge in [0.25, 0.3) is 0 Å². The van der Waals surface area contributed by atoms with Crippen LogP contribution in [-0.4, -0.2) is 6.54 Å². The smallest absolute Gasteiger partial charge is 0.0317 e. The van der Waals surface area contributed by atoms with Crippen LogP contribution in [0.3, 0.4) is 0 Å². The van der Waals surface area contributed by atoms with Gasteiger partial charge in [0.1, 0.15) is 0 Å². The summed E-state index contributed by atoms with van der Waals surface area (Å²) in [5.74, 6) is 0. The Labute approximate surface area is 85.4 Å². The Morgan fingerprint density at radius 2 is 2.42 bits per heavy atom. The molecule has 1 rings (SSSR count). The van der Waals surface area contributed by atoms with Gasteiger partial charge in [-0.2, -0.15) is 0 Å². The number of nitrogens with two attached hydrogens (primary N) is 1. The Kier molecular flexibility index (Phi) is 3.98. The van der Waals surface area contributed by atoms with Crippen LogP contribution in [0.4, 0.5) is 0 Å². The lowest BCUT2D eigenvalue weighted by atomic mass is 10.3. The third kappa shape index (κ3) is 2.73. The minimum Gasteiger partial charge on any atom is -0.330 e. The number of halogens is 1. The molecule has 0 spiro atoms. The maximum absolute atomic E-state index is 5.37. The molecule has 0 fully saturated rings. The molecule has 0 bridgehead atoms. The Morgan fingerprint density at radius 1 is 1.67 bits per heavy atom. The average molecular weight is 246 g/mol. The molecule has 0 aliphatic carbocycles. The number of aryl methyl sites for hydroxylation is 1. The summed E-state index contributed by atoms with van der Waals surface area (Å²) < 4.78 is 1.19. The van der Waals surface area contributed by atoms with E-state index in [1.54, 1.807) is 11.3 Å². The lowest BCUT2D eigenvalue weighted by molar-refractivity contribution is 1.01. The maximum Gasteiger partial charge on any atom is 0.0317 e. The van der Waals surface area contributed by atoms with Crippen LogP contribution in [-0.2, 0) is 0 Å². The predicted octanol–water partition coefficient (Wildman–Crippen LogP) is 3.18. The quantitative estimate of drug-likeness (QED) is 0.870. The van der Waals surface area contributed by atoms with Gasteiger partial charge in [-0.1, -0.05) is 6.08 Å². The van der Waals surface area contributed by atoms with Crippen LogP contribution >= 0.6 is 27.3 Å². The predicted molar refractivity (Wildman–Crippen MR) is 59.5 cm³/mol. The minimum atomic E-state index is 0.724. The van der Waals surface area contributed by atoms with Crippen molar-refractivity contribution in [1.82, 2.24) is 0 Å². The molecule has 0 radical (unpaired) electrons. The van der Waals surface area contributed by atoms with Crippen molar-refractivity contribution in [2.45, 2.75) is 13.3 Å². The van der Waals surface area contributed by atoms with E-state index >= 15 is 0 Å². The van der Waals surface area contributed by atoms with E-state index in [4.69, 9.17) is 5.73 Å². The van der Waals surface area contributed by atoms with Crippen LogP contribution in [0, 0.1) is 6.92 Å². The molecule has 0 saturated carbocycles. The summed E-state index contributed by atoms with van der Waals surface area (Å²) in [6, 6.07) is 2.13. The number of thiophene rings is 1. The normalized spacial score (nSPS) is 11.2. The fraction of sp³-hybridized carbons (Fsp3) is 0.333. The van der Waals surface area contributed by atoms with E-state index in [2.05, 4.69) is 41.1 Å². The molecule has 0 aromatic carbocycles. The molecule has 1 aromatic rings. The Balaban J connectivity index is 2.64. The van der Waals surface area contributed by atoms with Crippen LogP contribution in [0.5, 0.6) is 0 Å². The number of rotatable bonds is 3. The highest BCUT2D eigenvalue weighted by Crippen LogP contribution is 2.27. The van der Waals surface area contributed by atoms with Crippen molar-refractivity contribution in [2.75, 3.05) is 6.54 Å². The zero-order chi connectivity index (χ0) is 8.97. The maximum atomic E-state index is 5.37. The summed E-state index contributed by atoms with van der Waals surface area (Å²) in [6.07, 6.45) is 5.18. The third-order valence-electron chi connectivity index (χ3n) is 1.49. The molecular weight excluding hydrogens is 234 g/mol. The minimum absolute atomic E-state index is 0.724. The van der Waals surface area contributed by atoms with Crippen molar-refractivity contribution in [3.63, 3.8) is 0 Å². The van der Waals surface area contributed by atoms with Gasteiger partial charge in [-0.05, 0) is 48.0 Å². The molecule has 0 amide bonds. The van der Waals surface area contributed by atoms with Gasteiger partial charge in [0, 0.05) is 14.2 Å². The van der Waals surface area contributed by atoms with Crippen molar-refractivity contribution in [2.24, 2.45) is 5.73 Å². The second kappa shape index (κ2) is 4.80. The van der Waals surface area contributed by atoms with E-state index in [0.717, 1.165) is 13.0 Å². The summed E-state index contributed by atoms with van der Waals surface area (Å²) in [4.78, 5) is 2.61. The third-order valence-corrected chi connectivity index (χ3v) is 3.59. The molecule has 3 heteroatoms. The van der Waals surface area contributed by atoms with E-state index in [-0.39, 0.29) is 0 Å². The van der Waals surface area contributed by atoms with Gasteiger partial charge >= 0.3 is 0 Å². The van der Waals surface area contributed by atoms with Gasteiger partial charge < -0.3 is 5.73 Å². The van der Waals surface area contributed by atoms with Crippen LogP contribution < -0.4 is 5.73 Å². The van der Waals surface area contributed by atoms with E-state index in [1.807, 2.05) is 0 Å². The Morgan fingerprint density at radius 3 is 2.92 bits per heavy atom. The first-order valence-electron chi connectivity index (χ1n) is 3.86. The molecule has 1 nitrogen and oxygen atoms in total. The number of hydrogen-bond acceptors (Lipinski definition) is 2. The van der Waals surface area contributed by atoms with Gasteiger partial charge in [0.15, 0.2) is 0 Å². The van der Waals surface area contributed by atoms with Crippen molar-refractivity contribution < 1.29 is 0 Å². The number of hydrogen-bond donors (Lipinski definition) is 1. The Hall–Kier alpha value is -0.120. The summed E-state index contributed by atoms with van der Waals surface area (Å²) in [5.41, 5.74) is 5.37. The fourth-order valence-corrected chi connectivity index (χ4v) is 2.35. The van der Waals surface area contributed by atoms with E-state index in [9.17, 15) is 0 Å². The molecule has 0 aliphatic heterocycles.